The normalized spacial score (nSPS) is 12.7. The van der Waals surface area contributed by atoms with Gasteiger partial charge in [-0.15, -0.1) is 5.10 Å². The van der Waals surface area contributed by atoms with Gasteiger partial charge < -0.3 is 5.73 Å². The average molecular weight is 221 g/mol. The van der Waals surface area contributed by atoms with Crippen molar-refractivity contribution < 1.29 is 0 Å². The molecule has 0 saturated carbocycles. The van der Waals surface area contributed by atoms with Crippen molar-refractivity contribution in [2.75, 3.05) is 0 Å². The number of aromatic nitrogens is 4. The molecule has 2 aromatic rings. The monoisotopic (exact) mass is 221 g/mol. The molecule has 0 aliphatic carbocycles. The summed E-state index contributed by atoms with van der Waals surface area (Å²) in [5.74, 6) is 0. The van der Waals surface area contributed by atoms with Gasteiger partial charge in [-0.3, -0.25) is 0 Å². The second kappa shape index (κ2) is 4.41. The molecule has 0 bridgehead atoms. The maximum Gasteiger partial charge on any atom is 0.115 e. The predicted octanol–water partition coefficient (Wildman–Crippen LogP) is 0.939. The third-order valence-corrected chi connectivity index (χ3v) is 2.99. The van der Waals surface area contributed by atoms with E-state index in [1.165, 1.54) is 17.9 Å². The predicted molar refractivity (Wildman–Crippen MR) is 57.3 cm³/mol. The van der Waals surface area contributed by atoms with Crippen LogP contribution in [-0.2, 0) is 6.42 Å². The quantitative estimate of drug-likeness (QED) is 0.834. The molecule has 0 aromatic carbocycles. The molecule has 5 nitrogen and oxygen atoms in total. The first-order chi connectivity index (χ1) is 7.33. The van der Waals surface area contributed by atoms with E-state index in [4.69, 9.17) is 5.73 Å². The van der Waals surface area contributed by atoms with Gasteiger partial charge in [0, 0.05) is 18.0 Å². The Morgan fingerprint density at radius 2 is 2.13 bits per heavy atom. The Kier molecular flexibility index (Phi) is 2.98. The van der Waals surface area contributed by atoms with Crippen molar-refractivity contribution in [1.82, 2.24) is 19.6 Å². The van der Waals surface area contributed by atoms with Crippen molar-refractivity contribution in [3.05, 3.63) is 34.9 Å². The molecule has 0 fully saturated rings. The highest BCUT2D eigenvalue weighted by molar-refractivity contribution is 7.05. The minimum absolute atomic E-state index is 0.221. The van der Waals surface area contributed by atoms with Gasteiger partial charge in [0.25, 0.3) is 0 Å². The van der Waals surface area contributed by atoms with Crippen molar-refractivity contribution in [3.63, 3.8) is 0 Å². The lowest BCUT2D eigenvalue weighted by atomic mass is 10.1. The summed E-state index contributed by atoms with van der Waals surface area (Å²) in [4.78, 5) is 8.88. The molecule has 1 atom stereocenters. The molecule has 2 aromatic heterocycles. The zero-order valence-corrected chi connectivity index (χ0v) is 9.11. The van der Waals surface area contributed by atoms with Gasteiger partial charge in [0.1, 0.15) is 6.33 Å². The lowest BCUT2D eigenvalue weighted by molar-refractivity contribution is 0.838. The SMILES string of the molecule is CCc1nnsc1C(N)c1cncnc1. The van der Waals surface area contributed by atoms with Gasteiger partial charge in [-0.25, -0.2) is 9.97 Å². The second-order valence-corrected chi connectivity index (χ2v) is 3.87. The van der Waals surface area contributed by atoms with E-state index in [0.717, 1.165) is 22.6 Å². The Balaban J connectivity index is 2.32. The summed E-state index contributed by atoms with van der Waals surface area (Å²) in [5, 5.41) is 4.03. The smallest absolute Gasteiger partial charge is 0.115 e. The van der Waals surface area contributed by atoms with Crippen LogP contribution in [0.3, 0.4) is 0 Å². The topological polar surface area (TPSA) is 77.6 Å². The van der Waals surface area contributed by atoms with Gasteiger partial charge in [0.15, 0.2) is 0 Å². The molecule has 0 radical (unpaired) electrons. The van der Waals surface area contributed by atoms with E-state index in [1.54, 1.807) is 12.4 Å². The highest BCUT2D eigenvalue weighted by Crippen LogP contribution is 2.23. The van der Waals surface area contributed by atoms with Crippen molar-refractivity contribution in [1.29, 1.82) is 0 Å². The zero-order valence-electron chi connectivity index (χ0n) is 8.29. The molecule has 0 spiro atoms. The van der Waals surface area contributed by atoms with E-state index in [2.05, 4.69) is 19.6 Å². The number of hydrogen-bond acceptors (Lipinski definition) is 6. The van der Waals surface area contributed by atoms with Crippen molar-refractivity contribution in [2.24, 2.45) is 5.73 Å². The summed E-state index contributed by atoms with van der Waals surface area (Å²) in [5.41, 5.74) is 7.93. The summed E-state index contributed by atoms with van der Waals surface area (Å²) < 4.78 is 3.91. The van der Waals surface area contributed by atoms with Crippen LogP contribution >= 0.6 is 11.5 Å². The third-order valence-electron chi connectivity index (χ3n) is 2.14. The molecule has 78 valence electrons. The highest BCUT2D eigenvalue weighted by Gasteiger charge is 2.16. The summed E-state index contributed by atoms with van der Waals surface area (Å²) in [7, 11) is 0. The molecule has 6 heteroatoms. The number of rotatable bonds is 3. The van der Waals surface area contributed by atoms with Crippen LogP contribution < -0.4 is 5.73 Å². The first-order valence-electron chi connectivity index (χ1n) is 4.64. The maximum absolute atomic E-state index is 6.09. The number of hydrogen-bond donors (Lipinski definition) is 1. The molecule has 0 aliphatic heterocycles. The number of aryl methyl sites for hydroxylation is 1. The molecule has 0 amide bonds. The maximum atomic E-state index is 6.09. The summed E-state index contributed by atoms with van der Waals surface area (Å²) >= 11 is 1.34. The Bertz CT molecular complexity index is 427. The van der Waals surface area contributed by atoms with Gasteiger partial charge in [-0.05, 0) is 18.0 Å². The van der Waals surface area contributed by atoms with Crippen LogP contribution in [0.5, 0.6) is 0 Å². The van der Waals surface area contributed by atoms with Crippen LogP contribution in [0.25, 0.3) is 0 Å². The van der Waals surface area contributed by atoms with E-state index in [1.807, 2.05) is 6.92 Å². The molecule has 2 N–H and O–H groups in total. The molecule has 15 heavy (non-hydrogen) atoms. The Labute approximate surface area is 91.6 Å². The van der Waals surface area contributed by atoms with Crippen LogP contribution in [0.2, 0.25) is 0 Å². The summed E-state index contributed by atoms with van der Waals surface area (Å²) in [6.45, 7) is 2.04. The van der Waals surface area contributed by atoms with E-state index in [-0.39, 0.29) is 6.04 Å². The van der Waals surface area contributed by atoms with Gasteiger partial charge in [-0.2, -0.15) is 0 Å². The molecular formula is C9H11N5S. The first-order valence-corrected chi connectivity index (χ1v) is 5.42. The Morgan fingerprint density at radius 3 is 2.80 bits per heavy atom. The third kappa shape index (κ3) is 2.00. The Hall–Kier alpha value is -1.40. The fourth-order valence-corrected chi connectivity index (χ4v) is 2.09. The molecule has 1 unspecified atom stereocenters. The van der Waals surface area contributed by atoms with Crippen LogP contribution in [0, 0.1) is 0 Å². The van der Waals surface area contributed by atoms with E-state index < -0.39 is 0 Å². The second-order valence-electron chi connectivity index (χ2n) is 3.09. The molecule has 0 saturated heterocycles. The van der Waals surface area contributed by atoms with Crippen LogP contribution in [0.4, 0.5) is 0 Å². The Morgan fingerprint density at radius 1 is 1.40 bits per heavy atom. The number of nitrogens with zero attached hydrogens (tertiary/aromatic N) is 4. The van der Waals surface area contributed by atoms with Crippen molar-refractivity contribution in [2.45, 2.75) is 19.4 Å². The number of nitrogens with two attached hydrogens (primary N) is 1. The highest BCUT2D eigenvalue weighted by atomic mass is 32.1. The fourth-order valence-electron chi connectivity index (χ4n) is 1.32. The van der Waals surface area contributed by atoms with Gasteiger partial charge in [0.2, 0.25) is 0 Å². The minimum Gasteiger partial charge on any atom is -0.319 e. The van der Waals surface area contributed by atoms with E-state index >= 15 is 0 Å². The van der Waals surface area contributed by atoms with Crippen molar-refractivity contribution >= 4 is 11.5 Å². The van der Waals surface area contributed by atoms with E-state index in [9.17, 15) is 0 Å². The lowest BCUT2D eigenvalue weighted by Crippen LogP contribution is -2.12. The average Bonchev–Trinajstić information content (AvgIpc) is 2.77. The molecule has 2 heterocycles. The summed E-state index contributed by atoms with van der Waals surface area (Å²) in [6, 6.07) is -0.221. The van der Waals surface area contributed by atoms with Gasteiger partial charge in [-0.1, -0.05) is 11.4 Å². The molecule has 0 aliphatic rings. The standard InChI is InChI=1S/C9H11N5S/c1-2-7-9(15-14-13-7)8(10)6-3-11-5-12-4-6/h3-5,8H,2,10H2,1H3. The largest absolute Gasteiger partial charge is 0.319 e. The van der Waals surface area contributed by atoms with Crippen molar-refractivity contribution in [3.8, 4) is 0 Å². The molecular weight excluding hydrogens is 210 g/mol. The van der Waals surface area contributed by atoms with Crippen LogP contribution in [0.1, 0.15) is 29.1 Å². The first kappa shape index (κ1) is 10.1. The fraction of sp³-hybridized carbons (Fsp3) is 0.333. The zero-order chi connectivity index (χ0) is 10.7. The summed E-state index contributed by atoms with van der Waals surface area (Å²) in [6.07, 6.45) is 5.77. The van der Waals surface area contributed by atoms with Gasteiger partial charge >= 0.3 is 0 Å². The minimum atomic E-state index is -0.221. The van der Waals surface area contributed by atoms with Crippen LogP contribution in [-0.4, -0.2) is 19.6 Å². The van der Waals surface area contributed by atoms with E-state index in [0.29, 0.717) is 0 Å². The lowest BCUT2D eigenvalue weighted by Gasteiger charge is -2.08. The van der Waals surface area contributed by atoms with Gasteiger partial charge in [0.05, 0.1) is 16.6 Å². The molecule has 2 rings (SSSR count). The van der Waals surface area contributed by atoms with Crippen LogP contribution in [0.15, 0.2) is 18.7 Å².